The van der Waals surface area contributed by atoms with E-state index in [0.29, 0.717) is 22.7 Å². The van der Waals surface area contributed by atoms with Gasteiger partial charge in [-0.15, -0.1) is 0 Å². The minimum Gasteiger partial charge on any atom is -0.492 e. The zero-order chi connectivity index (χ0) is 17.2. The van der Waals surface area contributed by atoms with Crippen molar-refractivity contribution in [2.45, 2.75) is 11.8 Å². The summed E-state index contributed by atoms with van der Waals surface area (Å²) in [5, 5.41) is 0.295. The van der Waals surface area contributed by atoms with Crippen LogP contribution in [0.15, 0.2) is 53.6 Å². The molecular weight excluding hydrogens is 350 g/mol. The molecule has 124 valence electrons. The molecule has 1 aromatic heterocycles. The van der Waals surface area contributed by atoms with Crippen molar-refractivity contribution < 1.29 is 13.2 Å². The lowest BCUT2D eigenvalue weighted by molar-refractivity contribution is 0.331. The molecular formula is C16H14ClN3O3S. The fraction of sp³-hybridized carbons (Fsp3) is 0.125. The summed E-state index contributed by atoms with van der Waals surface area (Å²) in [5.74, 6) is 0.347. The summed E-state index contributed by atoms with van der Waals surface area (Å²) in [6, 6.07) is 11.6. The van der Waals surface area contributed by atoms with E-state index in [2.05, 4.69) is 14.7 Å². The van der Waals surface area contributed by atoms with Gasteiger partial charge in [-0.2, -0.15) is 0 Å². The first-order valence-electron chi connectivity index (χ1n) is 7.16. The fourth-order valence-electron chi connectivity index (χ4n) is 2.17. The molecule has 2 aromatic carbocycles. The van der Waals surface area contributed by atoms with Crippen molar-refractivity contribution >= 4 is 38.5 Å². The Morgan fingerprint density at radius 2 is 1.92 bits per heavy atom. The number of rotatable bonds is 5. The number of nitrogens with one attached hydrogen (secondary N) is 1. The number of ether oxygens (including phenoxy) is 1. The lowest BCUT2D eigenvalue weighted by Gasteiger charge is -2.12. The molecule has 1 heterocycles. The van der Waals surface area contributed by atoms with E-state index in [4.69, 9.17) is 16.3 Å². The van der Waals surface area contributed by atoms with Crippen molar-refractivity contribution in [3.05, 3.63) is 53.7 Å². The van der Waals surface area contributed by atoms with Gasteiger partial charge < -0.3 is 4.74 Å². The standard InChI is InChI=1S/C16H14ClN3O3S/c1-2-23-14-8-7-11(17)9-15(14)24(21,22)20-16-10-18-12-5-3-4-6-13(12)19-16/h3-10H,2H2,1H3,(H,19,20). The maximum absolute atomic E-state index is 12.7. The second kappa shape index (κ2) is 6.62. The molecule has 0 aliphatic carbocycles. The van der Waals surface area contributed by atoms with Gasteiger partial charge in [0.25, 0.3) is 10.0 Å². The van der Waals surface area contributed by atoms with Gasteiger partial charge in [0.05, 0.1) is 23.8 Å². The molecule has 0 aliphatic heterocycles. The second-order valence-electron chi connectivity index (χ2n) is 4.87. The number of hydrogen-bond donors (Lipinski definition) is 1. The minimum absolute atomic E-state index is 0.0493. The van der Waals surface area contributed by atoms with Gasteiger partial charge in [-0.3, -0.25) is 9.71 Å². The first-order chi connectivity index (χ1) is 11.5. The van der Waals surface area contributed by atoms with Crippen LogP contribution < -0.4 is 9.46 Å². The van der Waals surface area contributed by atoms with Crippen LogP contribution in [0.1, 0.15) is 6.92 Å². The van der Waals surface area contributed by atoms with Gasteiger partial charge in [-0.1, -0.05) is 23.7 Å². The zero-order valence-electron chi connectivity index (χ0n) is 12.7. The molecule has 0 aliphatic rings. The summed E-state index contributed by atoms with van der Waals surface area (Å²) in [4.78, 5) is 8.40. The number of para-hydroxylation sites is 2. The van der Waals surface area contributed by atoms with Gasteiger partial charge in [-0.25, -0.2) is 13.4 Å². The molecule has 0 unspecified atom stereocenters. The first kappa shape index (κ1) is 16.5. The van der Waals surface area contributed by atoms with Crippen LogP contribution in [0.3, 0.4) is 0 Å². The molecule has 0 atom stereocenters. The number of nitrogens with zero attached hydrogens (tertiary/aromatic N) is 2. The molecule has 0 bridgehead atoms. The predicted octanol–water partition coefficient (Wildman–Crippen LogP) is 3.48. The molecule has 6 nitrogen and oxygen atoms in total. The Kier molecular flexibility index (Phi) is 4.55. The zero-order valence-corrected chi connectivity index (χ0v) is 14.3. The highest BCUT2D eigenvalue weighted by Crippen LogP contribution is 2.28. The van der Waals surface area contributed by atoms with E-state index in [1.54, 1.807) is 31.2 Å². The van der Waals surface area contributed by atoms with E-state index in [9.17, 15) is 8.42 Å². The minimum atomic E-state index is -3.92. The summed E-state index contributed by atoms with van der Waals surface area (Å²) in [5.41, 5.74) is 1.27. The predicted molar refractivity (Wildman–Crippen MR) is 93.0 cm³/mol. The Morgan fingerprint density at radius 1 is 1.17 bits per heavy atom. The fourth-order valence-corrected chi connectivity index (χ4v) is 3.56. The molecule has 24 heavy (non-hydrogen) atoms. The van der Waals surface area contributed by atoms with Crippen molar-refractivity contribution in [2.75, 3.05) is 11.3 Å². The first-order valence-corrected chi connectivity index (χ1v) is 9.02. The summed E-state index contributed by atoms with van der Waals surface area (Å²) in [6.45, 7) is 2.10. The van der Waals surface area contributed by atoms with Crippen LogP contribution in [0.4, 0.5) is 5.82 Å². The molecule has 0 radical (unpaired) electrons. The van der Waals surface area contributed by atoms with Gasteiger partial charge in [0, 0.05) is 5.02 Å². The molecule has 3 aromatic rings. The van der Waals surface area contributed by atoms with Crippen LogP contribution in [0.5, 0.6) is 5.75 Å². The Morgan fingerprint density at radius 3 is 2.67 bits per heavy atom. The number of halogens is 1. The molecule has 8 heteroatoms. The largest absolute Gasteiger partial charge is 0.492 e. The van der Waals surface area contributed by atoms with Crippen molar-refractivity contribution in [3.8, 4) is 5.75 Å². The average molecular weight is 364 g/mol. The Bertz CT molecular complexity index is 993. The lowest BCUT2D eigenvalue weighted by Crippen LogP contribution is -2.15. The number of sulfonamides is 1. The van der Waals surface area contributed by atoms with Crippen LogP contribution in [0, 0.1) is 0 Å². The van der Waals surface area contributed by atoms with Crippen molar-refractivity contribution in [3.63, 3.8) is 0 Å². The second-order valence-corrected chi connectivity index (χ2v) is 6.96. The highest BCUT2D eigenvalue weighted by atomic mass is 35.5. The number of aromatic nitrogens is 2. The van der Waals surface area contributed by atoms with E-state index in [-0.39, 0.29) is 16.5 Å². The Balaban J connectivity index is 1.99. The normalized spacial score (nSPS) is 11.4. The molecule has 0 saturated heterocycles. The molecule has 0 amide bonds. The molecule has 0 saturated carbocycles. The van der Waals surface area contributed by atoms with Crippen molar-refractivity contribution in [2.24, 2.45) is 0 Å². The monoisotopic (exact) mass is 363 g/mol. The summed E-state index contributed by atoms with van der Waals surface area (Å²) < 4.78 is 33.1. The van der Waals surface area contributed by atoms with Crippen LogP contribution in [0.25, 0.3) is 11.0 Å². The van der Waals surface area contributed by atoms with E-state index < -0.39 is 10.0 Å². The number of benzene rings is 2. The van der Waals surface area contributed by atoms with Crippen LogP contribution in [-0.4, -0.2) is 25.0 Å². The van der Waals surface area contributed by atoms with E-state index in [1.165, 1.54) is 18.3 Å². The van der Waals surface area contributed by atoms with E-state index in [0.717, 1.165) is 0 Å². The number of fused-ring (bicyclic) bond motifs is 1. The van der Waals surface area contributed by atoms with E-state index >= 15 is 0 Å². The van der Waals surface area contributed by atoms with Crippen LogP contribution in [0.2, 0.25) is 5.02 Å². The Labute approximate surface area is 144 Å². The van der Waals surface area contributed by atoms with Gasteiger partial charge in [0.15, 0.2) is 5.82 Å². The maximum atomic E-state index is 12.7. The van der Waals surface area contributed by atoms with E-state index in [1.807, 2.05) is 6.07 Å². The SMILES string of the molecule is CCOc1ccc(Cl)cc1S(=O)(=O)Nc1cnc2ccccc2n1. The third-order valence-corrected chi connectivity index (χ3v) is 4.79. The number of anilines is 1. The van der Waals surface area contributed by atoms with Gasteiger partial charge >= 0.3 is 0 Å². The van der Waals surface area contributed by atoms with Crippen molar-refractivity contribution in [1.82, 2.24) is 9.97 Å². The highest BCUT2D eigenvalue weighted by molar-refractivity contribution is 7.92. The van der Waals surface area contributed by atoms with Crippen molar-refractivity contribution in [1.29, 1.82) is 0 Å². The molecule has 1 N–H and O–H groups in total. The molecule has 0 spiro atoms. The Hall–Kier alpha value is -2.38. The average Bonchev–Trinajstić information content (AvgIpc) is 2.56. The smallest absolute Gasteiger partial charge is 0.266 e. The van der Waals surface area contributed by atoms with Crippen LogP contribution >= 0.6 is 11.6 Å². The topological polar surface area (TPSA) is 81.2 Å². The third-order valence-electron chi connectivity index (χ3n) is 3.18. The number of hydrogen-bond acceptors (Lipinski definition) is 5. The van der Waals surface area contributed by atoms with Crippen LogP contribution in [-0.2, 0) is 10.0 Å². The quantitative estimate of drug-likeness (QED) is 0.750. The summed E-state index contributed by atoms with van der Waals surface area (Å²) in [6.07, 6.45) is 1.37. The van der Waals surface area contributed by atoms with Gasteiger partial charge in [0.1, 0.15) is 10.6 Å². The summed E-state index contributed by atoms with van der Waals surface area (Å²) in [7, 11) is -3.92. The molecule has 0 fully saturated rings. The van der Waals surface area contributed by atoms with Gasteiger partial charge in [0.2, 0.25) is 0 Å². The lowest BCUT2D eigenvalue weighted by atomic mass is 10.3. The molecule has 3 rings (SSSR count). The maximum Gasteiger partial charge on any atom is 0.266 e. The summed E-state index contributed by atoms with van der Waals surface area (Å²) >= 11 is 5.93. The van der Waals surface area contributed by atoms with Gasteiger partial charge in [-0.05, 0) is 37.3 Å². The highest BCUT2D eigenvalue weighted by Gasteiger charge is 2.21. The third kappa shape index (κ3) is 3.42.